The molecule has 0 aromatic carbocycles. The fourth-order valence-electron chi connectivity index (χ4n) is 1.66. The molecule has 1 saturated heterocycles. The highest BCUT2D eigenvalue weighted by molar-refractivity contribution is 5.91. The van der Waals surface area contributed by atoms with Gasteiger partial charge in [0, 0.05) is 13.0 Å². The maximum Gasteiger partial charge on any atom is 0.326 e. The predicted octanol–water partition coefficient (Wildman–Crippen LogP) is 0.245. The first-order chi connectivity index (χ1) is 7.41. The van der Waals surface area contributed by atoms with Gasteiger partial charge in [0.25, 0.3) is 0 Å². The highest BCUT2D eigenvalue weighted by atomic mass is 16.4. The Balaban J connectivity index is 2.71. The number of nitrogens with zero attached hydrogens (tertiary/aromatic N) is 1. The number of likely N-dealkylation sites (tertiary alicyclic amines) is 1. The van der Waals surface area contributed by atoms with Crippen LogP contribution in [-0.2, 0) is 9.59 Å². The standard InChI is InChI=1S/C11H17NO4/c1-7(2)3-4-10(14)12-6-8(13)5-9(12)11(15)16/h3-4,7-9,13H,5-6H2,1-2H3,(H,15,16)/b4-3+/t8-,9?/m1/s1. The van der Waals surface area contributed by atoms with Crippen LogP contribution in [0.4, 0.5) is 0 Å². The van der Waals surface area contributed by atoms with E-state index in [9.17, 15) is 14.7 Å². The quantitative estimate of drug-likeness (QED) is 0.677. The predicted molar refractivity (Wildman–Crippen MR) is 57.7 cm³/mol. The summed E-state index contributed by atoms with van der Waals surface area (Å²) in [5, 5.41) is 18.3. The van der Waals surface area contributed by atoms with Gasteiger partial charge in [-0.15, -0.1) is 0 Å². The van der Waals surface area contributed by atoms with Crippen LogP contribution in [0, 0.1) is 5.92 Å². The van der Waals surface area contributed by atoms with Crippen molar-refractivity contribution in [2.24, 2.45) is 5.92 Å². The molecule has 5 nitrogen and oxygen atoms in total. The van der Waals surface area contributed by atoms with E-state index in [1.165, 1.54) is 11.0 Å². The van der Waals surface area contributed by atoms with Gasteiger partial charge in [0.1, 0.15) is 6.04 Å². The molecule has 1 fully saturated rings. The van der Waals surface area contributed by atoms with Crippen molar-refractivity contribution in [2.75, 3.05) is 6.54 Å². The first-order valence-corrected chi connectivity index (χ1v) is 5.31. The minimum Gasteiger partial charge on any atom is -0.480 e. The minimum absolute atomic E-state index is 0.0955. The summed E-state index contributed by atoms with van der Waals surface area (Å²) in [6.07, 6.45) is 2.46. The maximum atomic E-state index is 11.7. The fourth-order valence-corrected chi connectivity index (χ4v) is 1.66. The minimum atomic E-state index is -1.07. The van der Waals surface area contributed by atoms with Crippen LogP contribution < -0.4 is 0 Å². The molecular weight excluding hydrogens is 210 g/mol. The number of carbonyl (C=O) groups excluding carboxylic acids is 1. The molecule has 0 aromatic rings. The Bertz CT molecular complexity index is 311. The van der Waals surface area contributed by atoms with Crippen LogP contribution in [0.3, 0.4) is 0 Å². The molecule has 0 saturated carbocycles. The molecule has 5 heteroatoms. The van der Waals surface area contributed by atoms with Crippen molar-refractivity contribution in [3.63, 3.8) is 0 Å². The summed E-state index contributed by atoms with van der Waals surface area (Å²) >= 11 is 0. The summed E-state index contributed by atoms with van der Waals surface area (Å²) in [6.45, 7) is 3.95. The van der Waals surface area contributed by atoms with E-state index >= 15 is 0 Å². The van der Waals surface area contributed by atoms with Crippen LogP contribution in [0.5, 0.6) is 0 Å². The molecule has 0 aliphatic carbocycles. The summed E-state index contributed by atoms with van der Waals surface area (Å²) < 4.78 is 0. The lowest BCUT2D eigenvalue weighted by molar-refractivity contribution is -0.146. The molecule has 2 N–H and O–H groups in total. The molecule has 1 unspecified atom stereocenters. The molecule has 90 valence electrons. The van der Waals surface area contributed by atoms with Gasteiger partial charge in [-0.05, 0) is 12.0 Å². The van der Waals surface area contributed by atoms with E-state index in [0.717, 1.165) is 0 Å². The number of aliphatic hydroxyl groups excluding tert-OH is 1. The summed E-state index contributed by atoms with van der Waals surface area (Å²) in [4.78, 5) is 23.7. The number of β-amino-alcohol motifs (C(OH)–C–C–N with tert-alkyl or cyclic N) is 1. The van der Waals surface area contributed by atoms with Crippen molar-refractivity contribution in [3.8, 4) is 0 Å². The zero-order valence-corrected chi connectivity index (χ0v) is 9.46. The molecule has 0 spiro atoms. The maximum absolute atomic E-state index is 11.7. The Labute approximate surface area is 94.4 Å². The first kappa shape index (κ1) is 12.7. The van der Waals surface area contributed by atoms with Gasteiger partial charge < -0.3 is 15.1 Å². The SMILES string of the molecule is CC(C)/C=C/C(=O)N1C[C@H](O)CC1C(=O)O. The number of carboxylic acids is 1. The summed E-state index contributed by atoms with van der Waals surface area (Å²) in [5.41, 5.74) is 0. The number of aliphatic hydroxyl groups is 1. The summed E-state index contributed by atoms with van der Waals surface area (Å²) in [7, 11) is 0. The van der Waals surface area contributed by atoms with Crippen molar-refractivity contribution in [2.45, 2.75) is 32.4 Å². The third-order valence-electron chi connectivity index (χ3n) is 2.47. The van der Waals surface area contributed by atoms with Gasteiger partial charge in [-0.3, -0.25) is 4.79 Å². The van der Waals surface area contributed by atoms with Crippen molar-refractivity contribution in [1.82, 2.24) is 4.90 Å². The van der Waals surface area contributed by atoms with Gasteiger partial charge >= 0.3 is 5.97 Å². The lowest BCUT2D eigenvalue weighted by Crippen LogP contribution is -2.39. The molecule has 0 radical (unpaired) electrons. The van der Waals surface area contributed by atoms with Gasteiger partial charge in [-0.2, -0.15) is 0 Å². The Morgan fingerprint density at radius 1 is 1.44 bits per heavy atom. The molecule has 0 bridgehead atoms. The first-order valence-electron chi connectivity index (χ1n) is 5.31. The lowest BCUT2D eigenvalue weighted by Gasteiger charge is -2.19. The number of carboxylic acid groups (broad SMARTS) is 1. The number of rotatable bonds is 3. The number of aliphatic carboxylic acids is 1. The van der Waals surface area contributed by atoms with Crippen LogP contribution in [0.25, 0.3) is 0 Å². The largest absolute Gasteiger partial charge is 0.480 e. The molecule has 1 rings (SSSR count). The number of allylic oxidation sites excluding steroid dienone is 1. The van der Waals surface area contributed by atoms with Crippen LogP contribution >= 0.6 is 0 Å². The molecule has 0 aromatic heterocycles. The Hall–Kier alpha value is -1.36. The lowest BCUT2D eigenvalue weighted by atomic mass is 10.2. The average molecular weight is 227 g/mol. The second-order valence-corrected chi connectivity index (χ2v) is 4.34. The fraction of sp³-hybridized carbons (Fsp3) is 0.636. The Morgan fingerprint density at radius 3 is 2.56 bits per heavy atom. The van der Waals surface area contributed by atoms with Crippen LogP contribution in [-0.4, -0.2) is 45.7 Å². The van der Waals surface area contributed by atoms with E-state index in [1.807, 2.05) is 13.8 Å². The van der Waals surface area contributed by atoms with Gasteiger partial charge in [0.05, 0.1) is 6.10 Å². The smallest absolute Gasteiger partial charge is 0.326 e. The van der Waals surface area contributed by atoms with Crippen molar-refractivity contribution in [3.05, 3.63) is 12.2 Å². The molecule has 2 atom stereocenters. The molecule has 1 aliphatic rings. The molecule has 1 aliphatic heterocycles. The number of hydrogen-bond acceptors (Lipinski definition) is 3. The van der Waals surface area contributed by atoms with Gasteiger partial charge in [-0.25, -0.2) is 4.79 Å². The van der Waals surface area contributed by atoms with Gasteiger partial charge in [-0.1, -0.05) is 19.9 Å². The van der Waals surface area contributed by atoms with E-state index < -0.39 is 18.1 Å². The second-order valence-electron chi connectivity index (χ2n) is 4.34. The summed E-state index contributed by atoms with van der Waals surface area (Å²) in [6, 6.07) is -0.903. The Kier molecular flexibility index (Phi) is 4.06. The average Bonchev–Trinajstić information content (AvgIpc) is 2.56. The van der Waals surface area contributed by atoms with Gasteiger partial charge in [0.15, 0.2) is 0 Å². The van der Waals surface area contributed by atoms with Crippen LogP contribution in [0.1, 0.15) is 20.3 Å². The zero-order chi connectivity index (χ0) is 12.3. The summed E-state index contributed by atoms with van der Waals surface area (Å²) in [5.74, 6) is -1.18. The number of hydrogen-bond donors (Lipinski definition) is 2. The van der Waals surface area contributed by atoms with Crippen LogP contribution in [0.2, 0.25) is 0 Å². The van der Waals surface area contributed by atoms with Gasteiger partial charge in [0.2, 0.25) is 5.91 Å². The van der Waals surface area contributed by atoms with E-state index in [0.29, 0.717) is 0 Å². The molecular formula is C11H17NO4. The zero-order valence-electron chi connectivity index (χ0n) is 9.46. The highest BCUT2D eigenvalue weighted by Crippen LogP contribution is 2.18. The highest BCUT2D eigenvalue weighted by Gasteiger charge is 2.37. The van der Waals surface area contributed by atoms with Crippen molar-refractivity contribution >= 4 is 11.9 Å². The normalized spacial score (nSPS) is 25.6. The molecule has 16 heavy (non-hydrogen) atoms. The van der Waals surface area contributed by atoms with E-state index in [4.69, 9.17) is 5.11 Å². The molecule has 1 heterocycles. The molecule has 1 amide bonds. The number of carbonyl (C=O) groups is 2. The van der Waals surface area contributed by atoms with Crippen LogP contribution in [0.15, 0.2) is 12.2 Å². The second kappa shape index (κ2) is 5.12. The monoisotopic (exact) mass is 227 g/mol. The van der Waals surface area contributed by atoms with E-state index in [1.54, 1.807) is 6.08 Å². The van der Waals surface area contributed by atoms with Crippen molar-refractivity contribution in [1.29, 1.82) is 0 Å². The van der Waals surface area contributed by atoms with E-state index in [2.05, 4.69) is 0 Å². The third kappa shape index (κ3) is 3.06. The van der Waals surface area contributed by atoms with E-state index in [-0.39, 0.29) is 24.8 Å². The topological polar surface area (TPSA) is 77.8 Å². The van der Waals surface area contributed by atoms with Crippen molar-refractivity contribution < 1.29 is 19.8 Å². The Morgan fingerprint density at radius 2 is 2.06 bits per heavy atom. The third-order valence-corrected chi connectivity index (χ3v) is 2.47. The number of amides is 1.